The molecule has 0 fully saturated rings. The zero-order chi connectivity index (χ0) is 12.9. The number of fused-ring (bicyclic) bond motifs is 3. The summed E-state index contributed by atoms with van der Waals surface area (Å²) in [6.45, 7) is 0. The minimum atomic E-state index is -0.831. The summed E-state index contributed by atoms with van der Waals surface area (Å²) in [4.78, 5) is 0. The third-order valence-corrected chi connectivity index (χ3v) is 4.22. The van der Waals surface area contributed by atoms with Crippen LogP contribution in [0.25, 0.3) is 0 Å². The van der Waals surface area contributed by atoms with Gasteiger partial charge in [0.25, 0.3) is 0 Å². The average molecular weight is 250 g/mol. The van der Waals surface area contributed by atoms with Gasteiger partial charge in [-0.3, -0.25) is 0 Å². The number of hydrogen-bond donors (Lipinski definition) is 4. The van der Waals surface area contributed by atoms with Crippen molar-refractivity contribution in [3.63, 3.8) is 0 Å². The summed E-state index contributed by atoms with van der Waals surface area (Å²) in [5.41, 5.74) is 3.93. The van der Waals surface area contributed by atoms with Crippen molar-refractivity contribution in [1.82, 2.24) is 0 Å². The number of rotatable bonds is 0. The quantitative estimate of drug-likeness (QED) is 0.516. The Kier molecular flexibility index (Phi) is 2.90. The highest BCUT2D eigenvalue weighted by molar-refractivity contribution is 5.46. The van der Waals surface area contributed by atoms with Crippen LogP contribution in [0.3, 0.4) is 0 Å². The number of benzene rings is 1. The highest BCUT2D eigenvalue weighted by Gasteiger charge is 2.32. The predicted molar refractivity (Wildman–Crippen MR) is 65.2 cm³/mol. The maximum Gasteiger partial charge on any atom is 0.105 e. The van der Waals surface area contributed by atoms with Gasteiger partial charge in [0, 0.05) is 12.8 Å². The molecule has 0 spiro atoms. The first-order chi connectivity index (χ1) is 8.58. The zero-order valence-electron chi connectivity index (χ0n) is 10.1. The van der Waals surface area contributed by atoms with E-state index in [1.165, 1.54) is 0 Å². The fourth-order valence-electron chi connectivity index (χ4n) is 3.14. The van der Waals surface area contributed by atoms with Crippen LogP contribution < -0.4 is 0 Å². The van der Waals surface area contributed by atoms with Crippen LogP contribution in [0.2, 0.25) is 0 Å². The second-order valence-electron chi connectivity index (χ2n) is 5.36. The number of hydrogen-bond acceptors (Lipinski definition) is 4. The van der Waals surface area contributed by atoms with E-state index in [4.69, 9.17) is 0 Å². The van der Waals surface area contributed by atoms with E-state index in [9.17, 15) is 20.4 Å². The molecule has 2 aliphatic rings. The molecule has 4 atom stereocenters. The molecule has 18 heavy (non-hydrogen) atoms. The van der Waals surface area contributed by atoms with Crippen molar-refractivity contribution < 1.29 is 20.4 Å². The highest BCUT2D eigenvalue weighted by Crippen LogP contribution is 2.36. The molecule has 0 heterocycles. The Morgan fingerprint density at radius 2 is 1.56 bits per heavy atom. The third kappa shape index (κ3) is 1.77. The van der Waals surface area contributed by atoms with Crippen molar-refractivity contribution in [1.29, 1.82) is 0 Å². The van der Waals surface area contributed by atoms with E-state index in [1.807, 2.05) is 12.1 Å². The third-order valence-electron chi connectivity index (χ3n) is 4.22. The standard InChI is InChI=1S/C14H18O4/c15-11-4-3-8-9(14(11)18)2-1-7-5-12(16)13(17)6-10(7)8/h1-2,11-18H,3-6H2. The summed E-state index contributed by atoms with van der Waals surface area (Å²) in [5.74, 6) is 0. The first-order valence-electron chi connectivity index (χ1n) is 6.43. The summed E-state index contributed by atoms with van der Waals surface area (Å²) in [5, 5.41) is 39.1. The molecule has 98 valence electrons. The van der Waals surface area contributed by atoms with Crippen molar-refractivity contribution in [2.45, 2.75) is 50.1 Å². The van der Waals surface area contributed by atoms with Gasteiger partial charge in [0.2, 0.25) is 0 Å². The molecule has 0 aromatic heterocycles. The molecule has 4 heteroatoms. The lowest BCUT2D eigenvalue weighted by Gasteiger charge is -2.33. The molecular weight excluding hydrogens is 232 g/mol. The smallest absolute Gasteiger partial charge is 0.105 e. The van der Waals surface area contributed by atoms with E-state index < -0.39 is 24.4 Å². The molecule has 4 N–H and O–H groups in total. The summed E-state index contributed by atoms with van der Waals surface area (Å²) in [7, 11) is 0. The zero-order valence-corrected chi connectivity index (χ0v) is 10.1. The Morgan fingerprint density at radius 1 is 0.833 bits per heavy atom. The minimum Gasteiger partial charge on any atom is -0.390 e. The normalized spacial score (nSPS) is 34.9. The minimum absolute atomic E-state index is 0.433. The van der Waals surface area contributed by atoms with Crippen LogP contribution in [0.5, 0.6) is 0 Å². The average Bonchev–Trinajstić information content (AvgIpc) is 2.35. The van der Waals surface area contributed by atoms with Crippen molar-refractivity contribution in [2.24, 2.45) is 0 Å². The Bertz CT molecular complexity index is 471. The fraction of sp³-hybridized carbons (Fsp3) is 0.571. The number of aliphatic hydroxyl groups is 4. The molecule has 0 amide bonds. The van der Waals surface area contributed by atoms with Crippen LogP contribution in [0.4, 0.5) is 0 Å². The number of aliphatic hydroxyl groups excluding tert-OH is 4. The van der Waals surface area contributed by atoms with Gasteiger partial charge < -0.3 is 20.4 Å². The topological polar surface area (TPSA) is 80.9 Å². The molecule has 0 aliphatic heterocycles. The van der Waals surface area contributed by atoms with Gasteiger partial charge in [-0.2, -0.15) is 0 Å². The molecular formula is C14H18O4. The van der Waals surface area contributed by atoms with Gasteiger partial charge in [-0.1, -0.05) is 12.1 Å². The summed E-state index contributed by atoms with van der Waals surface area (Å²) in [6, 6.07) is 3.73. The maximum absolute atomic E-state index is 9.99. The molecule has 0 saturated carbocycles. The van der Waals surface area contributed by atoms with Crippen LogP contribution in [-0.4, -0.2) is 38.7 Å². The van der Waals surface area contributed by atoms with Gasteiger partial charge in [-0.05, 0) is 35.1 Å². The van der Waals surface area contributed by atoms with Gasteiger partial charge in [0.1, 0.15) is 6.10 Å². The second kappa shape index (κ2) is 4.31. The molecule has 3 rings (SSSR count). The van der Waals surface area contributed by atoms with E-state index in [0.29, 0.717) is 19.3 Å². The molecule has 0 radical (unpaired) electrons. The molecule has 0 saturated heterocycles. The second-order valence-corrected chi connectivity index (χ2v) is 5.36. The van der Waals surface area contributed by atoms with Gasteiger partial charge in [-0.15, -0.1) is 0 Å². The SMILES string of the molecule is OC1Cc2ccc3c(c2CC1O)CCC(O)C3O. The lowest BCUT2D eigenvalue weighted by molar-refractivity contribution is 0.00380. The van der Waals surface area contributed by atoms with Crippen LogP contribution in [-0.2, 0) is 19.3 Å². The molecule has 4 nitrogen and oxygen atoms in total. The maximum atomic E-state index is 9.99. The summed E-state index contributed by atoms with van der Waals surface area (Å²) < 4.78 is 0. The van der Waals surface area contributed by atoms with Crippen molar-refractivity contribution in [3.8, 4) is 0 Å². The lowest BCUT2D eigenvalue weighted by Crippen LogP contribution is -2.36. The molecule has 2 aliphatic carbocycles. The summed E-state index contributed by atoms with van der Waals surface area (Å²) in [6.07, 6.45) is -0.798. The summed E-state index contributed by atoms with van der Waals surface area (Å²) >= 11 is 0. The van der Waals surface area contributed by atoms with E-state index >= 15 is 0 Å². The van der Waals surface area contributed by atoms with Gasteiger partial charge in [-0.25, -0.2) is 0 Å². The van der Waals surface area contributed by atoms with Crippen molar-refractivity contribution in [2.75, 3.05) is 0 Å². The molecule has 4 unspecified atom stereocenters. The van der Waals surface area contributed by atoms with Crippen LogP contribution in [0, 0.1) is 0 Å². The predicted octanol–water partition coefficient (Wildman–Crippen LogP) is -0.152. The van der Waals surface area contributed by atoms with E-state index in [0.717, 1.165) is 28.7 Å². The van der Waals surface area contributed by atoms with E-state index in [-0.39, 0.29) is 0 Å². The van der Waals surface area contributed by atoms with Crippen LogP contribution >= 0.6 is 0 Å². The Morgan fingerprint density at radius 3 is 2.33 bits per heavy atom. The van der Waals surface area contributed by atoms with Crippen LogP contribution in [0.1, 0.15) is 34.8 Å². The van der Waals surface area contributed by atoms with Crippen molar-refractivity contribution in [3.05, 3.63) is 34.4 Å². The molecule has 0 bridgehead atoms. The first kappa shape index (κ1) is 12.1. The fourth-order valence-corrected chi connectivity index (χ4v) is 3.14. The monoisotopic (exact) mass is 250 g/mol. The Balaban J connectivity index is 2.07. The Labute approximate surface area is 106 Å². The first-order valence-corrected chi connectivity index (χ1v) is 6.43. The van der Waals surface area contributed by atoms with Gasteiger partial charge in [0.05, 0.1) is 18.3 Å². The Hall–Kier alpha value is -0.940. The molecule has 1 aromatic carbocycles. The lowest BCUT2D eigenvalue weighted by atomic mass is 9.77. The van der Waals surface area contributed by atoms with Gasteiger partial charge in [0.15, 0.2) is 0 Å². The van der Waals surface area contributed by atoms with Crippen molar-refractivity contribution >= 4 is 0 Å². The highest BCUT2D eigenvalue weighted by atomic mass is 16.3. The van der Waals surface area contributed by atoms with E-state index in [1.54, 1.807) is 0 Å². The van der Waals surface area contributed by atoms with E-state index in [2.05, 4.69) is 0 Å². The largest absolute Gasteiger partial charge is 0.390 e. The van der Waals surface area contributed by atoms with Crippen LogP contribution in [0.15, 0.2) is 12.1 Å². The molecule has 1 aromatic rings. The van der Waals surface area contributed by atoms with Gasteiger partial charge >= 0.3 is 0 Å².